The molecule has 0 spiro atoms. The van der Waals surface area contributed by atoms with Crippen molar-refractivity contribution in [1.29, 1.82) is 0 Å². The van der Waals surface area contributed by atoms with Gasteiger partial charge in [0.1, 0.15) is 0 Å². The topological polar surface area (TPSA) is 55.1 Å². The normalized spacial score (nSPS) is 17.2. The van der Waals surface area contributed by atoms with E-state index in [0.29, 0.717) is 0 Å². The predicted octanol–water partition coefficient (Wildman–Crippen LogP) is 4.13. The van der Waals surface area contributed by atoms with Crippen LogP contribution >= 0.6 is 0 Å². The lowest BCUT2D eigenvalue weighted by molar-refractivity contribution is -0.120. The van der Waals surface area contributed by atoms with Crippen LogP contribution in [0.15, 0.2) is 18.2 Å². The number of nitrogens with one attached hydrogen (secondary N) is 1. The van der Waals surface area contributed by atoms with Gasteiger partial charge in [-0.15, -0.1) is 0 Å². The standard InChI is InChI=1S/C17H26N2O/c1-2-13-10-11-15(12-16(13)18)19-17(20)14-8-6-4-3-5-7-9-14/h10-12,14H,2-9,18H2,1H3,(H,19,20). The minimum absolute atomic E-state index is 0.163. The Morgan fingerprint density at radius 1 is 1.20 bits per heavy atom. The predicted molar refractivity (Wildman–Crippen MR) is 84.7 cm³/mol. The fourth-order valence-electron chi connectivity index (χ4n) is 2.96. The SMILES string of the molecule is CCc1ccc(NC(=O)C2CCCCCCC2)cc1N. The fraction of sp³-hybridized carbons (Fsp3) is 0.588. The Morgan fingerprint density at radius 2 is 1.85 bits per heavy atom. The fourth-order valence-corrected chi connectivity index (χ4v) is 2.96. The van der Waals surface area contributed by atoms with E-state index in [1.165, 1.54) is 32.1 Å². The molecule has 3 heteroatoms. The van der Waals surface area contributed by atoms with Gasteiger partial charge in [0.15, 0.2) is 0 Å². The molecule has 1 aromatic rings. The molecular formula is C17H26N2O. The monoisotopic (exact) mass is 274 g/mol. The van der Waals surface area contributed by atoms with Crippen LogP contribution in [-0.4, -0.2) is 5.91 Å². The van der Waals surface area contributed by atoms with Gasteiger partial charge in [0, 0.05) is 17.3 Å². The molecule has 0 aliphatic heterocycles. The average molecular weight is 274 g/mol. The summed E-state index contributed by atoms with van der Waals surface area (Å²) in [5.41, 5.74) is 8.71. The molecule has 1 aliphatic carbocycles. The Morgan fingerprint density at radius 3 is 2.45 bits per heavy atom. The highest BCUT2D eigenvalue weighted by Crippen LogP contribution is 2.24. The van der Waals surface area contributed by atoms with Crippen molar-refractivity contribution in [3.63, 3.8) is 0 Å². The summed E-state index contributed by atoms with van der Waals surface area (Å²) in [5.74, 6) is 0.331. The Bertz CT molecular complexity index is 448. The molecule has 0 bridgehead atoms. The molecule has 1 fully saturated rings. The lowest BCUT2D eigenvalue weighted by atomic mass is 9.90. The van der Waals surface area contributed by atoms with E-state index in [-0.39, 0.29) is 11.8 Å². The third kappa shape index (κ3) is 3.99. The second kappa shape index (κ2) is 7.32. The van der Waals surface area contributed by atoms with Crippen LogP contribution in [0.4, 0.5) is 11.4 Å². The van der Waals surface area contributed by atoms with Gasteiger partial charge in [0.2, 0.25) is 5.91 Å². The third-order valence-electron chi connectivity index (χ3n) is 4.27. The molecule has 0 saturated heterocycles. The number of carbonyl (C=O) groups excluding carboxylic acids is 1. The molecule has 3 nitrogen and oxygen atoms in total. The summed E-state index contributed by atoms with van der Waals surface area (Å²) in [6.45, 7) is 2.08. The van der Waals surface area contributed by atoms with Crippen LogP contribution in [0.2, 0.25) is 0 Å². The van der Waals surface area contributed by atoms with Crippen LogP contribution in [0, 0.1) is 5.92 Å². The van der Waals surface area contributed by atoms with Gasteiger partial charge in [-0.2, -0.15) is 0 Å². The number of nitrogen functional groups attached to an aromatic ring is 1. The summed E-state index contributed by atoms with van der Waals surface area (Å²) < 4.78 is 0. The highest BCUT2D eigenvalue weighted by atomic mass is 16.1. The largest absolute Gasteiger partial charge is 0.398 e. The molecule has 3 N–H and O–H groups in total. The number of hydrogen-bond acceptors (Lipinski definition) is 2. The number of amides is 1. The second-order valence-corrected chi connectivity index (χ2v) is 5.80. The summed E-state index contributed by atoms with van der Waals surface area (Å²) >= 11 is 0. The Balaban J connectivity index is 1.97. The van der Waals surface area contributed by atoms with Gasteiger partial charge in [-0.1, -0.05) is 45.1 Å². The van der Waals surface area contributed by atoms with Crippen LogP contribution < -0.4 is 11.1 Å². The molecular weight excluding hydrogens is 248 g/mol. The van der Waals surface area contributed by atoms with Crippen molar-refractivity contribution in [3.05, 3.63) is 23.8 Å². The number of benzene rings is 1. The summed E-state index contributed by atoms with van der Waals surface area (Å²) in [5, 5.41) is 3.03. The first-order chi connectivity index (χ1) is 9.70. The van der Waals surface area contributed by atoms with Gasteiger partial charge < -0.3 is 11.1 Å². The number of hydrogen-bond donors (Lipinski definition) is 2. The lowest BCUT2D eigenvalue weighted by Gasteiger charge is -2.19. The molecule has 2 rings (SSSR count). The molecule has 20 heavy (non-hydrogen) atoms. The maximum Gasteiger partial charge on any atom is 0.227 e. The molecule has 1 aromatic carbocycles. The van der Waals surface area contributed by atoms with Crippen LogP contribution in [0.3, 0.4) is 0 Å². The van der Waals surface area contributed by atoms with E-state index in [1.54, 1.807) is 0 Å². The van der Waals surface area contributed by atoms with Crippen LogP contribution in [0.5, 0.6) is 0 Å². The van der Waals surface area contributed by atoms with Crippen LogP contribution in [0.25, 0.3) is 0 Å². The van der Waals surface area contributed by atoms with Gasteiger partial charge in [-0.3, -0.25) is 4.79 Å². The molecule has 1 aliphatic rings. The first-order valence-corrected chi connectivity index (χ1v) is 7.90. The molecule has 0 aromatic heterocycles. The van der Waals surface area contributed by atoms with Crippen LogP contribution in [0.1, 0.15) is 57.4 Å². The second-order valence-electron chi connectivity index (χ2n) is 5.80. The Labute approximate surface area is 121 Å². The average Bonchev–Trinajstić information content (AvgIpc) is 2.38. The highest BCUT2D eigenvalue weighted by molar-refractivity contribution is 5.93. The van der Waals surface area contributed by atoms with E-state index in [1.807, 2.05) is 18.2 Å². The van der Waals surface area contributed by atoms with Crippen molar-refractivity contribution in [2.24, 2.45) is 5.92 Å². The smallest absolute Gasteiger partial charge is 0.227 e. The molecule has 110 valence electrons. The molecule has 0 radical (unpaired) electrons. The summed E-state index contributed by atoms with van der Waals surface area (Å²) in [7, 11) is 0. The van der Waals surface area contributed by atoms with Gasteiger partial charge in [-0.05, 0) is 37.0 Å². The molecule has 1 saturated carbocycles. The Kier molecular flexibility index (Phi) is 5.45. The molecule has 0 atom stereocenters. The quantitative estimate of drug-likeness (QED) is 0.814. The lowest BCUT2D eigenvalue weighted by Crippen LogP contribution is -2.23. The number of anilines is 2. The minimum Gasteiger partial charge on any atom is -0.398 e. The van der Waals surface area contributed by atoms with E-state index < -0.39 is 0 Å². The number of rotatable bonds is 3. The van der Waals surface area contributed by atoms with Gasteiger partial charge in [0.05, 0.1) is 0 Å². The first kappa shape index (κ1) is 14.9. The Hall–Kier alpha value is -1.51. The van der Waals surface area contributed by atoms with E-state index in [9.17, 15) is 4.79 Å². The number of carbonyl (C=O) groups is 1. The third-order valence-corrected chi connectivity index (χ3v) is 4.27. The molecule has 1 amide bonds. The minimum atomic E-state index is 0.163. The van der Waals surface area contributed by atoms with Crippen molar-refractivity contribution >= 4 is 17.3 Å². The maximum atomic E-state index is 12.3. The molecule has 0 heterocycles. The van der Waals surface area contributed by atoms with Crippen molar-refractivity contribution in [1.82, 2.24) is 0 Å². The maximum absolute atomic E-state index is 12.3. The van der Waals surface area contributed by atoms with E-state index in [0.717, 1.165) is 36.2 Å². The number of nitrogens with two attached hydrogens (primary N) is 1. The zero-order valence-corrected chi connectivity index (χ0v) is 12.5. The zero-order chi connectivity index (χ0) is 14.4. The zero-order valence-electron chi connectivity index (χ0n) is 12.5. The highest BCUT2D eigenvalue weighted by Gasteiger charge is 2.19. The first-order valence-electron chi connectivity index (χ1n) is 7.90. The van der Waals surface area contributed by atoms with E-state index >= 15 is 0 Å². The summed E-state index contributed by atoms with van der Waals surface area (Å²) in [4.78, 5) is 12.3. The van der Waals surface area contributed by atoms with Crippen LogP contribution in [-0.2, 0) is 11.2 Å². The van der Waals surface area contributed by atoms with Crippen molar-refractivity contribution < 1.29 is 4.79 Å². The summed E-state index contributed by atoms with van der Waals surface area (Å²) in [6.07, 6.45) is 9.17. The van der Waals surface area contributed by atoms with Crippen molar-refractivity contribution in [3.8, 4) is 0 Å². The number of aryl methyl sites for hydroxylation is 1. The van der Waals surface area contributed by atoms with Gasteiger partial charge in [0.25, 0.3) is 0 Å². The summed E-state index contributed by atoms with van der Waals surface area (Å²) in [6, 6.07) is 5.83. The van der Waals surface area contributed by atoms with E-state index in [2.05, 4.69) is 12.2 Å². The van der Waals surface area contributed by atoms with Crippen molar-refractivity contribution in [2.45, 2.75) is 58.3 Å². The van der Waals surface area contributed by atoms with Gasteiger partial charge in [-0.25, -0.2) is 0 Å². The van der Waals surface area contributed by atoms with Crippen molar-refractivity contribution in [2.75, 3.05) is 11.1 Å². The molecule has 0 unspecified atom stereocenters. The van der Waals surface area contributed by atoms with E-state index in [4.69, 9.17) is 5.73 Å². The van der Waals surface area contributed by atoms with Gasteiger partial charge >= 0.3 is 0 Å².